The van der Waals surface area contributed by atoms with E-state index in [0.29, 0.717) is 40.8 Å². The molecule has 0 saturated heterocycles. The summed E-state index contributed by atoms with van der Waals surface area (Å²) in [6.45, 7) is 5.95. The lowest BCUT2D eigenvalue weighted by molar-refractivity contribution is 0.228. The first-order chi connectivity index (χ1) is 17.0. The number of anilines is 1. The second-order valence-corrected chi connectivity index (χ2v) is 8.13. The fourth-order valence-electron chi connectivity index (χ4n) is 3.64. The van der Waals surface area contributed by atoms with Gasteiger partial charge in [-0.3, -0.25) is 0 Å². The van der Waals surface area contributed by atoms with E-state index in [4.69, 9.17) is 19.2 Å². The third-order valence-corrected chi connectivity index (χ3v) is 5.19. The highest BCUT2D eigenvalue weighted by Crippen LogP contribution is 2.37. The summed E-state index contributed by atoms with van der Waals surface area (Å²) < 4.78 is 33.0. The van der Waals surface area contributed by atoms with Gasteiger partial charge < -0.3 is 19.2 Å². The molecule has 0 spiro atoms. The second kappa shape index (κ2) is 10.7. The molecular formula is C28H26FN3O3. The van der Waals surface area contributed by atoms with E-state index in [9.17, 15) is 0 Å². The lowest BCUT2D eigenvalue weighted by Gasteiger charge is -2.22. The highest BCUT2D eigenvalue weighted by Gasteiger charge is 2.26. The number of halogens is 1. The smallest absolute Gasteiger partial charge is 0.226 e. The van der Waals surface area contributed by atoms with Crippen molar-refractivity contribution in [1.82, 2.24) is 4.98 Å². The number of nitrogens with one attached hydrogen (secondary N) is 1. The molecule has 0 fully saturated rings. The molecule has 1 aromatic heterocycles. The first kappa shape index (κ1) is 23.8. The molecular weight excluding hydrogens is 445 g/mol. The standard InChI is InChI=1S/C28H26FN3O3/c1-4-33-22-14-23(26(29)25(15-22)35-18(2)3)27(31-21-12-10-19(16-30)11-13-21)24-17-34-28(32-24)20-8-6-5-7-9-20/h5-15,17-18,27,31H,4H2,1-3H3. The first-order valence-electron chi connectivity index (χ1n) is 11.4. The van der Waals surface area contributed by atoms with E-state index < -0.39 is 11.9 Å². The first-order valence-corrected chi connectivity index (χ1v) is 11.4. The van der Waals surface area contributed by atoms with Gasteiger partial charge in [-0.1, -0.05) is 18.2 Å². The van der Waals surface area contributed by atoms with E-state index in [1.807, 2.05) is 51.1 Å². The van der Waals surface area contributed by atoms with Crippen LogP contribution in [0.5, 0.6) is 11.5 Å². The van der Waals surface area contributed by atoms with Crippen molar-refractivity contribution in [3.05, 3.63) is 95.6 Å². The number of hydrogen-bond donors (Lipinski definition) is 1. The van der Waals surface area contributed by atoms with E-state index in [-0.39, 0.29) is 11.9 Å². The molecule has 178 valence electrons. The number of nitrogens with zero attached hydrogens (tertiary/aromatic N) is 2. The summed E-state index contributed by atoms with van der Waals surface area (Å²) >= 11 is 0. The Morgan fingerprint density at radius 2 is 1.83 bits per heavy atom. The van der Waals surface area contributed by atoms with Crippen LogP contribution in [0, 0.1) is 17.1 Å². The second-order valence-electron chi connectivity index (χ2n) is 8.13. The van der Waals surface area contributed by atoms with Crippen molar-refractivity contribution in [2.24, 2.45) is 0 Å². The highest BCUT2D eigenvalue weighted by atomic mass is 19.1. The van der Waals surface area contributed by atoms with Gasteiger partial charge in [0.05, 0.1) is 24.3 Å². The fourth-order valence-corrected chi connectivity index (χ4v) is 3.64. The lowest BCUT2D eigenvalue weighted by Crippen LogP contribution is -2.16. The van der Waals surface area contributed by atoms with Crippen LogP contribution in [0.25, 0.3) is 11.5 Å². The summed E-state index contributed by atoms with van der Waals surface area (Å²) in [5.41, 5.74) is 2.80. The van der Waals surface area contributed by atoms with Gasteiger partial charge in [0.15, 0.2) is 11.6 Å². The summed E-state index contributed by atoms with van der Waals surface area (Å²) in [6.07, 6.45) is 1.29. The SMILES string of the molecule is CCOc1cc(OC(C)C)c(F)c(C(Nc2ccc(C#N)cc2)c2coc(-c3ccccc3)n2)c1. The molecule has 0 radical (unpaired) electrons. The minimum Gasteiger partial charge on any atom is -0.494 e. The van der Waals surface area contributed by atoms with Crippen molar-refractivity contribution >= 4 is 5.69 Å². The average molecular weight is 472 g/mol. The molecule has 0 aliphatic carbocycles. The normalized spacial score (nSPS) is 11.7. The summed E-state index contributed by atoms with van der Waals surface area (Å²) in [5, 5.41) is 12.5. The number of benzene rings is 3. The molecule has 7 heteroatoms. The Bertz CT molecular complexity index is 1310. The zero-order valence-corrected chi connectivity index (χ0v) is 19.8. The predicted octanol–water partition coefficient (Wildman–Crippen LogP) is 6.74. The monoisotopic (exact) mass is 471 g/mol. The maximum atomic E-state index is 15.8. The molecule has 1 heterocycles. The summed E-state index contributed by atoms with van der Waals surface area (Å²) in [4.78, 5) is 4.66. The summed E-state index contributed by atoms with van der Waals surface area (Å²) in [5.74, 6) is 0.488. The van der Waals surface area contributed by atoms with Crippen molar-refractivity contribution in [3.63, 3.8) is 0 Å². The zero-order chi connectivity index (χ0) is 24.8. The Morgan fingerprint density at radius 1 is 1.09 bits per heavy atom. The van der Waals surface area contributed by atoms with E-state index in [0.717, 1.165) is 5.56 Å². The van der Waals surface area contributed by atoms with Crippen LogP contribution in [0.1, 0.15) is 43.6 Å². The van der Waals surface area contributed by atoms with E-state index in [1.165, 1.54) is 6.26 Å². The van der Waals surface area contributed by atoms with Crippen LogP contribution in [0.2, 0.25) is 0 Å². The minimum absolute atomic E-state index is 0.0966. The van der Waals surface area contributed by atoms with Crippen molar-refractivity contribution < 1.29 is 18.3 Å². The van der Waals surface area contributed by atoms with Gasteiger partial charge >= 0.3 is 0 Å². The topological polar surface area (TPSA) is 80.3 Å². The van der Waals surface area contributed by atoms with Crippen LogP contribution >= 0.6 is 0 Å². The highest BCUT2D eigenvalue weighted by molar-refractivity contribution is 5.56. The summed E-state index contributed by atoms with van der Waals surface area (Å²) in [7, 11) is 0. The Balaban J connectivity index is 1.82. The molecule has 4 aromatic rings. The van der Waals surface area contributed by atoms with Crippen LogP contribution < -0.4 is 14.8 Å². The van der Waals surface area contributed by atoms with Gasteiger partial charge in [0, 0.05) is 22.9 Å². The minimum atomic E-state index is -0.723. The number of aromatic nitrogens is 1. The Kier molecular flexibility index (Phi) is 7.32. The number of ether oxygens (including phenoxy) is 2. The third-order valence-electron chi connectivity index (χ3n) is 5.19. The van der Waals surface area contributed by atoms with Crippen LogP contribution in [-0.2, 0) is 0 Å². The van der Waals surface area contributed by atoms with Crippen LogP contribution in [0.15, 0.2) is 77.4 Å². The molecule has 0 saturated carbocycles. The number of rotatable bonds is 9. The lowest BCUT2D eigenvalue weighted by atomic mass is 10.0. The zero-order valence-electron chi connectivity index (χ0n) is 19.8. The molecule has 0 bridgehead atoms. The van der Waals surface area contributed by atoms with Gasteiger partial charge in [-0.25, -0.2) is 9.37 Å². The number of oxazole rings is 1. The van der Waals surface area contributed by atoms with Gasteiger partial charge in [0.1, 0.15) is 23.7 Å². The molecule has 1 N–H and O–H groups in total. The molecule has 35 heavy (non-hydrogen) atoms. The van der Waals surface area contributed by atoms with Gasteiger partial charge in [-0.2, -0.15) is 5.26 Å². The van der Waals surface area contributed by atoms with Crippen LogP contribution in [-0.4, -0.2) is 17.7 Å². The maximum absolute atomic E-state index is 15.8. The van der Waals surface area contributed by atoms with E-state index >= 15 is 4.39 Å². The summed E-state index contributed by atoms with van der Waals surface area (Å²) in [6, 6.07) is 21.0. The molecule has 6 nitrogen and oxygen atoms in total. The Hall–Kier alpha value is -4.31. The Morgan fingerprint density at radius 3 is 2.49 bits per heavy atom. The number of hydrogen-bond acceptors (Lipinski definition) is 6. The largest absolute Gasteiger partial charge is 0.494 e. The number of nitriles is 1. The van der Waals surface area contributed by atoms with Gasteiger partial charge in [-0.05, 0) is 63.2 Å². The third kappa shape index (κ3) is 5.61. The van der Waals surface area contributed by atoms with Crippen LogP contribution in [0.3, 0.4) is 0 Å². The molecule has 4 rings (SSSR count). The van der Waals surface area contributed by atoms with Crippen molar-refractivity contribution in [2.75, 3.05) is 11.9 Å². The maximum Gasteiger partial charge on any atom is 0.226 e. The molecule has 1 atom stereocenters. The fraction of sp³-hybridized carbons (Fsp3) is 0.214. The average Bonchev–Trinajstić information content (AvgIpc) is 3.35. The van der Waals surface area contributed by atoms with Crippen molar-refractivity contribution in [2.45, 2.75) is 32.9 Å². The Labute approximate surface area is 204 Å². The molecule has 0 aliphatic rings. The van der Waals surface area contributed by atoms with Crippen molar-refractivity contribution in [1.29, 1.82) is 5.26 Å². The molecule has 0 aliphatic heterocycles. The van der Waals surface area contributed by atoms with Gasteiger partial charge in [0.2, 0.25) is 5.89 Å². The van der Waals surface area contributed by atoms with Gasteiger partial charge in [-0.15, -0.1) is 0 Å². The molecule has 0 amide bonds. The van der Waals surface area contributed by atoms with Crippen molar-refractivity contribution in [3.8, 4) is 29.0 Å². The predicted molar refractivity (Wildman–Crippen MR) is 132 cm³/mol. The quantitative estimate of drug-likeness (QED) is 0.291. The molecule has 3 aromatic carbocycles. The van der Waals surface area contributed by atoms with E-state index in [2.05, 4.69) is 16.4 Å². The molecule has 1 unspecified atom stereocenters. The van der Waals surface area contributed by atoms with E-state index in [1.54, 1.807) is 36.4 Å². The van der Waals surface area contributed by atoms with Crippen LogP contribution in [0.4, 0.5) is 10.1 Å². The van der Waals surface area contributed by atoms with Gasteiger partial charge in [0.25, 0.3) is 0 Å².